The Bertz CT molecular complexity index is 1270. The van der Waals surface area contributed by atoms with Gasteiger partial charge in [-0.3, -0.25) is 0 Å². The molecule has 7 heteroatoms. The third-order valence-corrected chi connectivity index (χ3v) is 5.32. The van der Waals surface area contributed by atoms with E-state index >= 15 is 0 Å². The van der Waals surface area contributed by atoms with Gasteiger partial charge in [0.1, 0.15) is 0 Å². The van der Waals surface area contributed by atoms with Crippen LogP contribution in [0.5, 0.6) is 5.88 Å². The van der Waals surface area contributed by atoms with Crippen LogP contribution in [0.3, 0.4) is 0 Å². The van der Waals surface area contributed by atoms with Gasteiger partial charge in [-0.1, -0.05) is 48.0 Å². The Morgan fingerprint density at radius 2 is 1.71 bits per heavy atom. The molecular weight excluding hydrogens is 428 g/mol. The van der Waals surface area contributed by atoms with Crippen molar-refractivity contribution in [2.24, 2.45) is 10.2 Å². The van der Waals surface area contributed by atoms with E-state index in [0.29, 0.717) is 17.3 Å². The van der Waals surface area contributed by atoms with Gasteiger partial charge >= 0.3 is 0 Å². The molecule has 0 saturated heterocycles. The molecule has 4 aromatic rings. The van der Waals surface area contributed by atoms with Crippen LogP contribution in [0.1, 0.15) is 16.7 Å². The average molecular weight is 449 g/mol. The molecule has 0 aliphatic carbocycles. The van der Waals surface area contributed by atoms with Crippen molar-refractivity contribution in [3.63, 3.8) is 0 Å². The molecule has 0 radical (unpaired) electrons. The standard InChI is InChI=1S/C24H21ClN4OS/c1-15-11-16(2)13-19(12-15)26-24(31)28-27-22-20-5-3-4-6-21(20)29(23(22)30)14-17-7-9-18(25)10-8-17/h3-13,30H,14H2,1-2H3,(H,26,31). The van der Waals surface area contributed by atoms with Crippen molar-refractivity contribution in [3.05, 3.63) is 88.4 Å². The molecule has 0 aliphatic heterocycles. The Balaban J connectivity index is 1.63. The largest absolute Gasteiger partial charge is 0.493 e. The van der Waals surface area contributed by atoms with Crippen molar-refractivity contribution >= 4 is 51.2 Å². The number of aromatic nitrogens is 1. The number of halogens is 1. The average Bonchev–Trinajstić information content (AvgIpc) is 2.98. The van der Waals surface area contributed by atoms with Crippen molar-refractivity contribution in [2.75, 3.05) is 5.32 Å². The normalized spacial score (nSPS) is 11.3. The molecule has 0 spiro atoms. The lowest BCUT2D eigenvalue weighted by molar-refractivity contribution is 0.429. The number of hydrogen-bond acceptors (Lipinski definition) is 3. The zero-order valence-electron chi connectivity index (χ0n) is 17.1. The van der Waals surface area contributed by atoms with Crippen LogP contribution in [0.15, 0.2) is 77.0 Å². The van der Waals surface area contributed by atoms with Gasteiger partial charge in [0.2, 0.25) is 11.0 Å². The SMILES string of the molecule is Cc1cc(C)cc(NC(=S)N=Nc2c(O)n(Cc3ccc(Cl)cc3)c3ccccc23)c1. The Kier molecular flexibility index (Phi) is 6.02. The van der Waals surface area contributed by atoms with E-state index in [4.69, 9.17) is 23.8 Å². The number of azo groups is 1. The smallest absolute Gasteiger partial charge is 0.221 e. The number of nitrogens with one attached hydrogen (secondary N) is 1. The van der Waals surface area contributed by atoms with Crippen LogP contribution in [0.25, 0.3) is 10.9 Å². The number of aryl methyl sites for hydroxylation is 2. The summed E-state index contributed by atoms with van der Waals surface area (Å²) >= 11 is 11.3. The lowest BCUT2D eigenvalue weighted by Gasteiger charge is -2.07. The molecule has 0 atom stereocenters. The van der Waals surface area contributed by atoms with E-state index in [1.165, 1.54) is 0 Å². The fourth-order valence-electron chi connectivity index (χ4n) is 3.59. The Morgan fingerprint density at radius 1 is 1.03 bits per heavy atom. The second-order valence-electron chi connectivity index (χ2n) is 7.41. The highest BCUT2D eigenvalue weighted by molar-refractivity contribution is 7.80. The molecule has 0 fully saturated rings. The topological polar surface area (TPSA) is 61.9 Å². The van der Waals surface area contributed by atoms with Crippen LogP contribution < -0.4 is 5.32 Å². The van der Waals surface area contributed by atoms with Gasteiger partial charge in [-0.05, 0) is 73.1 Å². The monoisotopic (exact) mass is 448 g/mol. The number of nitrogens with zero attached hydrogens (tertiary/aromatic N) is 3. The summed E-state index contributed by atoms with van der Waals surface area (Å²) in [4.78, 5) is 0. The van der Waals surface area contributed by atoms with E-state index in [1.807, 2.05) is 74.5 Å². The number of hydrogen-bond donors (Lipinski definition) is 2. The van der Waals surface area contributed by atoms with Crippen molar-refractivity contribution in [1.29, 1.82) is 0 Å². The van der Waals surface area contributed by atoms with Gasteiger partial charge in [0.05, 0.1) is 12.1 Å². The summed E-state index contributed by atoms with van der Waals surface area (Å²) in [5.74, 6) is 0.0362. The third kappa shape index (κ3) is 4.76. The summed E-state index contributed by atoms with van der Waals surface area (Å²) < 4.78 is 1.80. The van der Waals surface area contributed by atoms with E-state index in [9.17, 15) is 5.11 Å². The van der Waals surface area contributed by atoms with E-state index in [-0.39, 0.29) is 11.0 Å². The second-order valence-corrected chi connectivity index (χ2v) is 8.23. The fourth-order valence-corrected chi connectivity index (χ4v) is 3.88. The number of thiocarbonyl (C=S) groups is 1. The summed E-state index contributed by atoms with van der Waals surface area (Å²) in [6, 6.07) is 21.3. The van der Waals surface area contributed by atoms with Gasteiger partial charge in [0.15, 0.2) is 5.69 Å². The summed E-state index contributed by atoms with van der Waals surface area (Å²) in [6.07, 6.45) is 0. The molecule has 3 aromatic carbocycles. The first-order valence-electron chi connectivity index (χ1n) is 9.76. The maximum absolute atomic E-state index is 10.9. The maximum atomic E-state index is 10.9. The van der Waals surface area contributed by atoms with Gasteiger partial charge < -0.3 is 15.0 Å². The molecule has 1 aromatic heterocycles. The predicted octanol–water partition coefficient (Wildman–Crippen LogP) is 7.15. The zero-order chi connectivity index (χ0) is 22.0. The van der Waals surface area contributed by atoms with Gasteiger partial charge in [-0.15, -0.1) is 10.2 Å². The highest BCUT2D eigenvalue weighted by Gasteiger charge is 2.16. The summed E-state index contributed by atoms with van der Waals surface area (Å²) in [7, 11) is 0. The minimum Gasteiger partial charge on any atom is -0.493 e. The number of para-hydroxylation sites is 1. The molecule has 0 saturated carbocycles. The zero-order valence-corrected chi connectivity index (χ0v) is 18.7. The number of anilines is 1. The van der Waals surface area contributed by atoms with Crippen molar-refractivity contribution < 1.29 is 5.11 Å². The number of rotatable bonds is 4. The molecular formula is C24H21ClN4OS. The molecule has 0 bridgehead atoms. The van der Waals surface area contributed by atoms with Crippen LogP contribution in [-0.4, -0.2) is 14.8 Å². The molecule has 0 unspecified atom stereocenters. The Hall–Kier alpha value is -3.22. The summed E-state index contributed by atoms with van der Waals surface area (Å²) in [6.45, 7) is 4.52. The van der Waals surface area contributed by atoms with Crippen LogP contribution >= 0.6 is 23.8 Å². The Morgan fingerprint density at radius 3 is 2.42 bits per heavy atom. The first-order valence-corrected chi connectivity index (χ1v) is 10.5. The molecule has 2 N–H and O–H groups in total. The fraction of sp³-hybridized carbons (Fsp3) is 0.125. The molecule has 1 heterocycles. The van der Waals surface area contributed by atoms with E-state index in [2.05, 4.69) is 21.6 Å². The van der Waals surface area contributed by atoms with Crippen molar-refractivity contribution in [3.8, 4) is 5.88 Å². The van der Waals surface area contributed by atoms with Crippen molar-refractivity contribution in [2.45, 2.75) is 20.4 Å². The molecule has 4 rings (SSSR count). The minimum absolute atomic E-state index is 0.0362. The number of fused-ring (bicyclic) bond motifs is 1. The van der Waals surface area contributed by atoms with E-state index in [0.717, 1.165) is 33.3 Å². The summed E-state index contributed by atoms with van der Waals surface area (Å²) in [5, 5.41) is 24.1. The molecule has 0 aliphatic rings. The van der Waals surface area contributed by atoms with Gasteiger partial charge in [-0.2, -0.15) is 0 Å². The predicted molar refractivity (Wildman–Crippen MR) is 131 cm³/mol. The van der Waals surface area contributed by atoms with E-state index in [1.54, 1.807) is 4.57 Å². The highest BCUT2D eigenvalue weighted by atomic mass is 35.5. The first-order chi connectivity index (χ1) is 14.9. The summed E-state index contributed by atoms with van der Waals surface area (Å²) in [5.41, 5.74) is 5.37. The van der Waals surface area contributed by atoms with E-state index < -0.39 is 0 Å². The lowest BCUT2D eigenvalue weighted by Crippen LogP contribution is -2.05. The van der Waals surface area contributed by atoms with Crippen LogP contribution in [0, 0.1) is 13.8 Å². The minimum atomic E-state index is 0.0362. The van der Waals surface area contributed by atoms with Gasteiger partial charge in [0.25, 0.3) is 0 Å². The van der Waals surface area contributed by atoms with Crippen LogP contribution in [0.2, 0.25) is 5.02 Å². The van der Waals surface area contributed by atoms with Crippen LogP contribution in [0.4, 0.5) is 11.4 Å². The molecule has 156 valence electrons. The number of aromatic hydroxyl groups is 1. The Labute approximate surface area is 191 Å². The van der Waals surface area contributed by atoms with Crippen molar-refractivity contribution in [1.82, 2.24) is 4.57 Å². The third-order valence-electron chi connectivity index (χ3n) is 4.89. The highest BCUT2D eigenvalue weighted by Crippen LogP contribution is 2.39. The molecule has 0 amide bonds. The van der Waals surface area contributed by atoms with Gasteiger partial charge in [0, 0.05) is 16.1 Å². The maximum Gasteiger partial charge on any atom is 0.221 e. The quantitative estimate of drug-likeness (QED) is 0.257. The number of benzene rings is 3. The molecule has 5 nitrogen and oxygen atoms in total. The first kappa shape index (κ1) is 21.0. The van der Waals surface area contributed by atoms with Gasteiger partial charge in [-0.25, -0.2) is 0 Å². The van der Waals surface area contributed by atoms with Crippen LogP contribution in [-0.2, 0) is 6.54 Å². The molecule has 31 heavy (non-hydrogen) atoms. The second kappa shape index (κ2) is 8.88. The lowest BCUT2D eigenvalue weighted by atomic mass is 10.1.